The number of rotatable bonds is 7. The minimum atomic E-state index is 0.572. The summed E-state index contributed by atoms with van der Waals surface area (Å²) in [5.74, 6) is 0. The molecule has 1 fully saturated rings. The highest BCUT2D eigenvalue weighted by Crippen LogP contribution is 2.07. The van der Waals surface area contributed by atoms with Crippen molar-refractivity contribution in [1.82, 2.24) is 10.2 Å². The van der Waals surface area contributed by atoms with Crippen LogP contribution in [-0.2, 0) is 11.2 Å². The molecule has 19 heavy (non-hydrogen) atoms. The van der Waals surface area contributed by atoms with Crippen molar-refractivity contribution in [2.45, 2.75) is 25.8 Å². The lowest BCUT2D eigenvalue weighted by Gasteiger charge is -2.33. The predicted molar refractivity (Wildman–Crippen MR) is 79.5 cm³/mol. The average Bonchev–Trinajstić information content (AvgIpc) is 2.45. The van der Waals surface area contributed by atoms with Crippen LogP contribution in [0.2, 0.25) is 0 Å². The maximum absolute atomic E-state index is 5.58. The summed E-state index contributed by atoms with van der Waals surface area (Å²) in [6.07, 6.45) is 2.23. The zero-order valence-electron chi connectivity index (χ0n) is 12.0. The second-order valence-corrected chi connectivity index (χ2v) is 5.25. The molecule has 1 aromatic rings. The predicted octanol–water partition coefficient (Wildman–Crippen LogP) is 1.93. The second kappa shape index (κ2) is 8.31. The summed E-state index contributed by atoms with van der Waals surface area (Å²) in [4.78, 5) is 2.51. The fourth-order valence-electron chi connectivity index (χ4n) is 2.57. The number of nitrogens with zero attached hydrogens (tertiary/aromatic N) is 1. The van der Waals surface area contributed by atoms with Crippen molar-refractivity contribution in [1.29, 1.82) is 0 Å². The summed E-state index contributed by atoms with van der Waals surface area (Å²) >= 11 is 0. The van der Waals surface area contributed by atoms with Crippen molar-refractivity contribution in [3.05, 3.63) is 35.9 Å². The average molecular weight is 262 g/mol. The fourth-order valence-corrected chi connectivity index (χ4v) is 2.57. The van der Waals surface area contributed by atoms with E-state index in [0.29, 0.717) is 6.04 Å². The standard InChI is InChI=1S/C16H26N2O/c1-2-11-19-12-10-18-9-8-17-16(14-18)13-15-6-4-3-5-7-15/h3-7,16-17H,2,8-14H2,1H3. The van der Waals surface area contributed by atoms with Gasteiger partial charge in [0, 0.05) is 38.8 Å². The monoisotopic (exact) mass is 262 g/mol. The summed E-state index contributed by atoms with van der Waals surface area (Å²) in [7, 11) is 0. The Labute approximate surface area is 116 Å². The maximum Gasteiger partial charge on any atom is 0.0593 e. The number of hydrogen-bond donors (Lipinski definition) is 1. The minimum absolute atomic E-state index is 0.572. The van der Waals surface area contributed by atoms with Gasteiger partial charge in [-0.25, -0.2) is 0 Å². The fraction of sp³-hybridized carbons (Fsp3) is 0.625. The van der Waals surface area contributed by atoms with Gasteiger partial charge in [-0.15, -0.1) is 0 Å². The van der Waals surface area contributed by atoms with Gasteiger partial charge in [-0.2, -0.15) is 0 Å². The van der Waals surface area contributed by atoms with Crippen LogP contribution in [0.15, 0.2) is 30.3 Å². The van der Waals surface area contributed by atoms with Gasteiger partial charge in [0.05, 0.1) is 6.61 Å². The molecule has 1 atom stereocenters. The molecule has 1 N–H and O–H groups in total. The Morgan fingerprint density at radius 1 is 1.26 bits per heavy atom. The Hall–Kier alpha value is -0.900. The van der Waals surface area contributed by atoms with Gasteiger partial charge in [0.1, 0.15) is 0 Å². The number of ether oxygens (including phenoxy) is 1. The van der Waals surface area contributed by atoms with Crippen LogP contribution in [0, 0.1) is 0 Å². The molecule has 0 aromatic heterocycles. The first-order valence-corrected chi connectivity index (χ1v) is 7.46. The van der Waals surface area contributed by atoms with Crippen molar-refractivity contribution in [2.75, 3.05) is 39.4 Å². The third-order valence-corrected chi connectivity index (χ3v) is 3.56. The van der Waals surface area contributed by atoms with E-state index in [1.54, 1.807) is 0 Å². The van der Waals surface area contributed by atoms with Crippen molar-refractivity contribution in [3.63, 3.8) is 0 Å². The molecule has 3 heteroatoms. The molecule has 1 saturated heterocycles. The Bertz CT molecular complexity index is 342. The Balaban J connectivity index is 1.71. The van der Waals surface area contributed by atoms with Crippen molar-refractivity contribution in [3.8, 4) is 0 Å². The SMILES string of the molecule is CCCOCCN1CCNC(Cc2ccccc2)C1. The highest BCUT2D eigenvalue weighted by atomic mass is 16.5. The first-order valence-electron chi connectivity index (χ1n) is 7.46. The molecule has 0 bridgehead atoms. The van der Waals surface area contributed by atoms with Crippen LogP contribution in [0.1, 0.15) is 18.9 Å². The van der Waals surface area contributed by atoms with Crippen LogP contribution < -0.4 is 5.32 Å². The van der Waals surface area contributed by atoms with E-state index >= 15 is 0 Å². The van der Waals surface area contributed by atoms with E-state index in [1.807, 2.05) is 0 Å². The molecular weight excluding hydrogens is 236 g/mol. The molecule has 0 spiro atoms. The van der Waals surface area contributed by atoms with Crippen molar-refractivity contribution in [2.24, 2.45) is 0 Å². The molecule has 1 aromatic carbocycles. The molecule has 1 heterocycles. The molecule has 0 saturated carbocycles. The second-order valence-electron chi connectivity index (χ2n) is 5.25. The zero-order valence-corrected chi connectivity index (χ0v) is 12.0. The minimum Gasteiger partial charge on any atom is -0.380 e. The molecule has 3 nitrogen and oxygen atoms in total. The summed E-state index contributed by atoms with van der Waals surface area (Å²) < 4.78 is 5.58. The Kier molecular flexibility index (Phi) is 6.34. The van der Waals surface area contributed by atoms with E-state index in [-0.39, 0.29) is 0 Å². The zero-order chi connectivity index (χ0) is 13.3. The van der Waals surface area contributed by atoms with Crippen molar-refractivity contribution < 1.29 is 4.74 Å². The summed E-state index contributed by atoms with van der Waals surface area (Å²) in [5.41, 5.74) is 1.42. The lowest BCUT2D eigenvalue weighted by atomic mass is 10.0. The molecule has 0 amide bonds. The van der Waals surface area contributed by atoms with Crippen LogP contribution in [-0.4, -0.2) is 50.3 Å². The van der Waals surface area contributed by atoms with E-state index in [4.69, 9.17) is 4.74 Å². The third-order valence-electron chi connectivity index (χ3n) is 3.56. The molecule has 1 unspecified atom stereocenters. The molecule has 1 aliphatic heterocycles. The van der Waals surface area contributed by atoms with Gasteiger partial charge >= 0.3 is 0 Å². The highest BCUT2D eigenvalue weighted by molar-refractivity contribution is 5.16. The summed E-state index contributed by atoms with van der Waals surface area (Å²) in [6, 6.07) is 11.3. The van der Waals surface area contributed by atoms with Gasteiger partial charge in [-0.3, -0.25) is 4.90 Å². The first-order chi connectivity index (χ1) is 9.38. The molecule has 2 rings (SSSR count). The molecule has 0 aliphatic carbocycles. The molecule has 1 aliphatic rings. The van der Waals surface area contributed by atoms with Crippen LogP contribution in [0.5, 0.6) is 0 Å². The van der Waals surface area contributed by atoms with Crippen LogP contribution >= 0.6 is 0 Å². The smallest absolute Gasteiger partial charge is 0.0593 e. The van der Waals surface area contributed by atoms with E-state index in [0.717, 1.165) is 52.2 Å². The Morgan fingerprint density at radius 2 is 2.11 bits per heavy atom. The Morgan fingerprint density at radius 3 is 2.89 bits per heavy atom. The van der Waals surface area contributed by atoms with E-state index < -0.39 is 0 Å². The largest absolute Gasteiger partial charge is 0.380 e. The van der Waals surface area contributed by atoms with Crippen LogP contribution in [0.3, 0.4) is 0 Å². The quantitative estimate of drug-likeness (QED) is 0.760. The van der Waals surface area contributed by atoms with Gasteiger partial charge in [0.15, 0.2) is 0 Å². The topological polar surface area (TPSA) is 24.5 Å². The van der Waals surface area contributed by atoms with Crippen LogP contribution in [0.25, 0.3) is 0 Å². The van der Waals surface area contributed by atoms with Gasteiger partial charge in [0.25, 0.3) is 0 Å². The first kappa shape index (κ1) is 14.5. The molecule has 106 valence electrons. The van der Waals surface area contributed by atoms with E-state index in [1.165, 1.54) is 5.56 Å². The third kappa shape index (κ3) is 5.31. The number of piperazine rings is 1. The maximum atomic E-state index is 5.58. The number of hydrogen-bond acceptors (Lipinski definition) is 3. The molecular formula is C16H26N2O. The summed E-state index contributed by atoms with van der Waals surface area (Å²) in [6.45, 7) is 8.33. The normalized spacial score (nSPS) is 20.6. The van der Waals surface area contributed by atoms with E-state index in [2.05, 4.69) is 47.5 Å². The lowest BCUT2D eigenvalue weighted by Crippen LogP contribution is -2.52. The van der Waals surface area contributed by atoms with E-state index in [9.17, 15) is 0 Å². The van der Waals surface area contributed by atoms with Gasteiger partial charge in [-0.1, -0.05) is 37.3 Å². The number of nitrogens with one attached hydrogen (secondary N) is 1. The van der Waals surface area contributed by atoms with Gasteiger partial charge < -0.3 is 10.1 Å². The van der Waals surface area contributed by atoms with Crippen LogP contribution in [0.4, 0.5) is 0 Å². The van der Waals surface area contributed by atoms with Gasteiger partial charge in [-0.05, 0) is 18.4 Å². The summed E-state index contributed by atoms with van der Waals surface area (Å²) in [5, 5.41) is 3.62. The highest BCUT2D eigenvalue weighted by Gasteiger charge is 2.18. The van der Waals surface area contributed by atoms with Gasteiger partial charge in [0.2, 0.25) is 0 Å². The lowest BCUT2D eigenvalue weighted by molar-refractivity contribution is 0.0920. The molecule has 0 radical (unpaired) electrons. The number of benzene rings is 1. The van der Waals surface area contributed by atoms with Crippen molar-refractivity contribution >= 4 is 0 Å².